The third-order valence-electron chi connectivity index (χ3n) is 4.32. The number of nitrogens with one attached hydrogen (secondary N) is 1. The summed E-state index contributed by atoms with van der Waals surface area (Å²) in [7, 11) is 1.77. The monoisotopic (exact) mass is 342 g/mol. The van der Waals surface area contributed by atoms with Gasteiger partial charge in [-0.15, -0.1) is 0 Å². The maximum absolute atomic E-state index is 5.88. The molecule has 0 bridgehead atoms. The van der Waals surface area contributed by atoms with E-state index in [9.17, 15) is 0 Å². The Hall–Kier alpha value is -3.54. The van der Waals surface area contributed by atoms with Crippen LogP contribution in [0.2, 0.25) is 0 Å². The van der Waals surface area contributed by atoms with Gasteiger partial charge in [-0.05, 0) is 36.2 Å². The van der Waals surface area contributed by atoms with Crippen LogP contribution < -0.4 is 5.73 Å². The maximum Gasteiger partial charge on any atom is 0.157 e. The number of rotatable bonds is 3. The van der Waals surface area contributed by atoms with Crippen molar-refractivity contribution in [2.45, 2.75) is 6.92 Å². The van der Waals surface area contributed by atoms with Crippen molar-refractivity contribution < 1.29 is 0 Å². The lowest BCUT2D eigenvalue weighted by Crippen LogP contribution is -2.08. The Bertz CT molecular complexity index is 1090. The van der Waals surface area contributed by atoms with Gasteiger partial charge in [0.15, 0.2) is 5.82 Å². The van der Waals surface area contributed by atoms with Gasteiger partial charge >= 0.3 is 0 Å². The summed E-state index contributed by atoms with van der Waals surface area (Å²) in [4.78, 5) is 20.8. The van der Waals surface area contributed by atoms with Gasteiger partial charge in [-0.2, -0.15) is 0 Å². The molecule has 4 aromatic rings. The molecule has 0 fully saturated rings. The van der Waals surface area contributed by atoms with E-state index in [0.717, 1.165) is 44.8 Å². The van der Waals surface area contributed by atoms with Crippen molar-refractivity contribution in [3.05, 3.63) is 72.1 Å². The summed E-state index contributed by atoms with van der Waals surface area (Å²) in [6.45, 7) is 2.06. The Morgan fingerprint density at radius 2 is 1.92 bits per heavy atom. The lowest BCUT2D eigenvalue weighted by Gasteiger charge is -2.10. The maximum atomic E-state index is 5.88. The van der Waals surface area contributed by atoms with Crippen LogP contribution in [0.5, 0.6) is 0 Å². The first-order valence-electron chi connectivity index (χ1n) is 8.24. The molecule has 0 amide bonds. The van der Waals surface area contributed by atoms with Crippen LogP contribution in [0.3, 0.4) is 0 Å². The zero-order valence-corrected chi connectivity index (χ0v) is 14.6. The number of aromatic amines is 1. The number of pyridine rings is 2. The molecule has 0 aliphatic rings. The summed E-state index contributed by atoms with van der Waals surface area (Å²) in [5.41, 5.74) is 13.2. The first-order chi connectivity index (χ1) is 12.7. The molecule has 0 atom stereocenters. The van der Waals surface area contributed by atoms with E-state index in [-0.39, 0.29) is 0 Å². The minimum absolute atomic E-state index is 0.638. The number of aryl methyl sites for hydroxylation is 1. The van der Waals surface area contributed by atoms with Crippen LogP contribution in [0.1, 0.15) is 17.0 Å². The van der Waals surface area contributed by atoms with Crippen LogP contribution in [0.4, 0.5) is 5.69 Å². The van der Waals surface area contributed by atoms with Crippen molar-refractivity contribution in [2.24, 2.45) is 4.99 Å². The van der Waals surface area contributed by atoms with E-state index in [2.05, 4.69) is 50.1 Å². The molecule has 0 radical (unpaired) electrons. The van der Waals surface area contributed by atoms with Crippen LogP contribution in [0.25, 0.3) is 22.2 Å². The van der Waals surface area contributed by atoms with Gasteiger partial charge in [0.1, 0.15) is 5.71 Å². The van der Waals surface area contributed by atoms with Gasteiger partial charge in [0.25, 0.3) is 0 Å². The molecule has 6 heteroatoms. The molecule has 4 rings (SSSR count). The van der Waals surface area contributed by atoms with E-state index in [0.29, 0.717) is 5.69 Å². The number of nitrogens with zero attached hydrogens (tertiary/aromatic N) is 4. The van der Waals surface area contributed by atoms with Crippen LogP contribution in [0, 0.1) is 6.92 Å². The zero-order chi connectivity index (χ0) is 18.1. The van der Waals surface area contributed by atoms with E-state index < -0.39 is 0 Å². The van der Waals surface area contributed by atoms with Gasteiger partial charge in [0, 0.05) is 36.8 Å². The fourth-order valence-corrected chi connectivity index (χ4v) is 3.00. The molecule has 0 saturated carbocycles. The highest BCUT2D eigenvalue weighted by atomic mass is 15.0. The van der Waals surface area contributed by atoms with Gasteiger partial charge in [-0.1, -0.05) is 12.1 Å². The average Bonchev–Trinajstić information content (AvgIpc) is 3.07. The summed E-state index contributed by atoms with van der Waals surface area (Å²) in [5, 5.41) is 0. The van der Waals surface area contributed by atoms with Gasteiger partial charge in [0.2, 0.25) is 0 Å². The quantitative estimate of drug-likeness (QED) is 0.558. The largest absolute Gasteiger partial charge is 0.397 e. The minimum Gasteiger partial charge on any atom is -0.397 e. The number of hydrogen-bond donors (Lipinski definition) is 2. The number of hydrogen-bond acceptors (Lipinski definition) is 5. The molecule has 0 saturated heterocycles. The van der Waals surface area contributed by atoms with E-state index >= 15 is 0 Å². The molecule has 3 aromatic heterocycles. The Morgan fingerprint density at radius 1 is 1.04 bits per heavy atom. The number of fused-ring (bicyclic) bond motifs is 1. The minimum atomic E-state index is 0.638. The summed E-state index contributed by atoms with van der Waals surface area (Å²) in [6.07, 6.45) is 6.94. The molecule has 0 aliphatic carbocycles. The highest BCUT2D eigenvalue weighted by Crippen LogP contribution is 2.25. The highest BCUT2D eigenvalue weighted by molar-refractivity contribution is 6.13. The second kappa shape index (κ2) is 6.40. The second-order valence-corrected chi connectivity index (χ2v) is 6.09. The number of nitrogen functional groups attached to an aromatic ring is 1. The lowest BCUT2D eigenvalue weighted by molar-refractivity contribution is 1.25. The molecule has 3 heterocycles. The number of nitrogens with two attached hydrogens (primary N) is 1. The van der Waals surface area contributed by atoms with Gasteiger partial charge in [0.05, 0.1) is 22.9 Å². The van der Waals surface area contributed by atoms with Gasteiger partial charge in [-0.3, -0.25) is 15.0 Å². The first kappa shape index (κ1) is 16.0. The molecular formula is C20H18N6. The smallest absolute Gasteiger partial charge is 0.157 e. The summed E-state index contributed by atoms with van der Waals surface area (Å²) >= 11 is 0. The SMILES string of the molecule is CN=C(c1nc2ccncc2[nH]1)c1cc(-c2cncc(N)c2)ccc1C. The Labute approximate surface area is 150 Å². The van der Waals surface area contributed by atoms with Crippen LogP contribution in [-0.4, -0.2) is 32.7 Å². The Balaban J connectivity index is 1.83. The third kappa shape index (κ3) is 2.82. The fourth-order valence-electron chi connectivity index (χ4n) is 3.00. The van der Waals surface area contributed by atoms with Gasteiger partial charge in [-0.25, -0.2) is 4.98 Å². The number of imidazole rings is 1. The molecule has 1 aromatic carbocycles. The highest BCUT2D eigenvalue weighted by Gasteiger charge is 2.15. The van der Waals surface area contributed by atoms with Crippen molar-refractivity contribution in [1.82, 2.24) is 19.9 Å². The molecule has 3 N–H and O–H groups in total. The number of anilines is 1. The number of aliphatic imine (C=N–C) groups is 1. The predicted molar refractivity (Wildman–Crippen MR) is 104 cm³/mol. The van der Waals surface area contributed by atoms with Crippen LogP contribution in [0.15, 0.2) is 60.1 Å². The van der Waals surface area contributed by atoms with Crippen molar-refractivity contribution in [3.8, 4) is 11.1 Å². The first-order valence-corrected chi connectivity index (χ1v) is 8.24. The molecule has 0 aliphatic heterocycles. The topological polar surface area (TPSA) is 92.8 Å². The lowest BCUT2D eigenvalue weighted by atomic mass is 9.97. The van der Waals surface area contributed by atoms with Crippen molar-refractivity contribution in [1.29, 1.82) is 0 Å². The standard InChI is InChI=1S/C20H18N6/c1-12-3-4-13(14-7-15(21)10-24-9-14)8-16(12)19(22-2)20-25-17-5-6-23-11-18(17)26-20/h3-11H,21H2,1-2H3,(H,25,26). The average molecular weight is 342 g/mol. The number of H-pyrrole nitrogens is 1. The molecule has 6 nitrogen and oxygen atoms in total. The molecule has 0 spiro atoms. The van der Waals surface area contributed by atoms with Crippen molar-refractivity contribution in [3.63, 3.8) is 0 Å². The Morgan fingerprint density at radius 3 is 2.69 bits per heavy atom. The third-order valence-corrected chi connectivity index (χ3v) is 4.32. The van der Waals surface area contributed by atoms with Crippen molar-refractivity contribution in [2.75, 3.05) is 12.8 Å². The van der Waals surface area contributed by atoms with E-state index in [1.54, 1.807) is 31.8 Å². The van der Waals surface area contributed by atoms with Crippen molar-refractivity contribution >= 4 is 22.4 Å². The summed E-state index contributed by atoms with van der Waals surface area (Å²) in [6, 6.07) is 10.0. The number of aromatic nitrogens is 4. The van der Waals surface area contributed by atoms with Crippen LogP contribution in [-0.2, 0) is 0 Å². The van der Waals surface area contributed by atoms with E-state index in [1.807, 2.05) is 12.1 Å². The Kier molecular flexibility index (Phi) is 3.93. The second-order valence-electron chi connectivity index (χ2n) is 6.09. The normalized spacial score (nSPS) is 11.8. The molecule has 0 unspecified atom stereocenters. The van der Waals surface area contributed by atoms with E-state index in [1.165, 1.54) is 0 Å². The number of benzene rings is 1. The van der Waals surface area contributed by atoms with Crippen LogP contribution >= 0.6 is 0 Å². The zero-order valence-electron chi connectivity index (χ0n) is 14.6. The van der Waals surface area contributed by atoms with E-state index in [4.69, 9.17) is 5.73 Å². The predicted octanol–water partition coefficient (Wildman–Crippen LogP) is 3.38. The molecular weight excluding hydrogens is 324 g/mol. The fraction of sp³-hybridized carbons (Fsp3) is 0.100. The molecule has 128 valence electrons. The summed E-state index contributed by atoms with van der Waals surface area (Å²) < 4.78 is 0. The molecule has 26 heavy (non-hydrogen) atoms. The van der Waals surface area contributed by atoms with Gasteiger partial charge < -0.3 is 10.7 Å². The summed E-state index contributed by atoms with van der Waals surface area (Å²) in [5.74, 6) is 0.724.